The summed E-state index contributed by atoms with van der Waals surface area (Å²) in [5.41, 5.74) is 1.52. The maximum atomic E-state index is 13.0. The van der Waals surface area contributed by atoms with Gasteiger partial charge in [-0.3, -0.25) is 4.31 Å². The summed E-state index contributed by atoms with van der Waals surface area (Å²) < 4.78 is 33.0. The molecule has 0 saturated carbocycles. The van der Waals surface area contributed by atoms with Crippen molar-refractivity contribution >= 4 is 15.7 Å². The van der Waals surface area contributed by atoms with Crippen LogP contribution in [0.4, 0.5) is 5.69 Å². The van der Waals surface area contributed by atoms with Gasteiger partial charge in [0, 0.05) is 0 Å². The van der Waals surface area contributed by atoms with Crippen LogP contribution in [-0.4, -0.2) is 21.1 Å². The molecule has 0 fully saturated rings. The van der Waals surface area contributed by atoms with Crippen molar-refractivity contribution in [1.82, 2.24) is 0 Å². The molecule has 0 spiro atoms. The Morgan fingerprint density at radius 2 is 1.90 bits per heavy atom. The lowest BCUT2D eigenvalue weighted by Gasteiger charge is -2.35. The van der Waals surface area contributed by atoms with Crippen molar-refractivity contribution < 1.29 is 13.2 Å². The van der Waals surface area contributed by atoms with Gasteiger partial charge in [-0.1, -0.05) is 24.3 Å². The highest BCUT2D eigenvalue weighted by atomic mass is 32.2. The summed E-state index contributed by atoms with van der Waals surface area (Å²) in [5.74, 6) is 0.604. The largest absolute Gasteiger partial charge is 0.489 e. The number of sulfonamides is 1. The number of nitrogens with zero attached hydrogens (tertiary/aromatic N) is 1. The van der Waals surface area contributed by atoms with E-state index < -0.39 is 10.0 Å². The van der Waals surface area contributed by atoms with Crippen molar-refractivity contribution in [1.29, 1.82) is 0 Å². The average molecular weight is 303 g/mol. The first-order chi connectivity index (χ1) is 10.00. The molecule has 0 aromatic heterocycles. The number of hydrogen-bond donors (Lipinski definition) is 0. The van der Waals surface area contributed by atoms with Crippen LogP contribution in [0.5, 0.6) is 5.75 Å². The Labute approximate surface area is 125 Å². The molecule has 0 aliphatic carbocycles. The maximum absolute atomic E-state index is 13.0. The van der Waals surface area contributed by atoms with Gasteiger partial charge in [0.25, 0.3) is 10.0 Å². The Balaban J connectivity index is 2.15. The number of rotatable bonds is 2. The fraction of sp³-hybridized carbons (Fsp3) is 0.250. The molecule has 1 aliphatic heterocycles. The van der Waals surface area contributed by atoms with E-state index >= 15 is 0 Å². The number of anilines is 1. The Hall–Kier alpha value is -2.01. The summed E-state index contributed by atoms with van der Waals surface area (Å²) in [6, 6.07) is 14.0. The van der Waals surface area contributed by atoms with Gasteiger partial charge in [-0.25, -0.2) is 8.42 Å². The molecule has 0 saturated heterocycles. The van der Waals surface area contributed by atoms with Gasteiger partial charge in [0.2, 0.25) is 0 Å². The van der Waals surface area contributed by atoms with Crippen LogP contribution in [0.3, 0.4) is 0 Å². The smallest absolute Gasteiger partial charge is 0.264 e. The van der Waals surface area contributed by atoms with Crippen molar-refractivity contribution in [2.45, 2.75) is 24.8 Å². The molecule has 0 N–H and O–H groups in total. The SMILES string of the molecule is Cc1cccc(S(=O)(=O)N2c3ccccc3OCC2C)c1. The molecular formula is C16H17NO3S. The first-order valence-electron chi connectivity index (χ1n) is 6.83. The molecule has 2 aromatic rings. The number of benzene rings is 2. The first-order valence-corrected chi connectivity index (χ1v) is 8.27. The van der Waals surface area contributed by atoms with Crippen LogP contribution >= 0.6 is 0 Å². The van der Waals surface area contributed by atoms with E-state index in [-0.39, 0.29) is 6.04 Å². The second-order valence-corrected chi connectivity index (χ2v) is 7.06. The van der Waals surface area contributed by atoms with Crippen LogP contribution in [0.1, 0.15) is 12.5 Å². The summed E-state index contributed by atoms with van der Waals surface area (Å²) in [4.78, 5) is 0.311. The monoisotopic (exact) mass is 303 g/mol. The van der Waals surface area contributed by atoms with Gasteiger partial charge in [0.05, 0.1) is 16.6 Å². The molecule has 5 heteroatoms. The predicted molar refractivity (Wildman–Crippen MR) is 82.2 cm³/mol. The third-order valence-electron chi connectivity index (χ3n) is 3.53. The van der Waals surface area contributed by atoms with Gasteiger partial charge >= 0.3 is 0 Å². The Morgan fingerprint density at radius 1 is 1.14 bits per heavy atom. The number of ether oxygens (including phenoxy) is 1. The van der Waals surface area contributed by atoms with Crippen LogP contribution in [0.25, 0.3) is 0 Å². The van der Waals surface area contributed by atoms with Crippen LogP contribution in [0, 0.1) is 6.92 Å². The van der Waals surface area contributed by atoms with Gasteiger partial charge in [0.15, 0.2) is 0 Å². The average Bonchev–Trinajstić information content (AvgIpc) is 2.46. The highest BCUT2D eigenvalue weighted by Gasteiger charge is 2.34. The number of aryl methyl sites for hydroxylation is 1. The van der Waals surface area contributed by atoms with Crippen LogP contribution in [0.2, 0.25) is 0 Å². The topological polar surface area (TPSA) is 46.6 Å². The zero-order valence-electron chi connectivity index (χ0n) is 12.0. The molecule has 0 amide bonds. The van der Waals surface area contributed by atoms with E-state index in [0.29, 0.717) is 22.9 Å². The molecule has 21 heavy (non-hydrogen) atoms. The van der Waals surface area contributed by atoms with E-state index in [1.165, 1.54) is 4.31 Å². The predicted octanol–water partition coefficient (Wildman–Crippen LogP) is 2.97. The van der Waals surface area contributed by atoms with E-state index in [0.717, 1.165) is 5.56 Å². The lowest BCUT2D eigenvalue weighted by Crippen LogP contribution is -2.44. The summed E-state index contributed by atoms with van der Waals surface area (Å²) in [6.45, 7) is 4.08. The van der Waals surface area contributed by atoms with Crippen molar-refractivity contribution in [2.75, 3.05) is 10.9 Å². The van der Waals surface area contributed by atoms with Crippen LogP contribution < -0.4 is 9.04 Å². The minimum absolute atomic E-state index is 0.245. The molecule has 4 nitrogen and oxygen atoms in total. The lowest BCUT2D eigenvalue weighted by molar-refractivity contribution is 0.281. The van der Waals surface area contributed by atoms with E-state index in [2.05, 4.69) is 0 Å². The van der Waals surface area contributed by atoms with E-state index in [1.54, 1.807) is 30.3 Å². The molecule has 110 valence electrons. The fourth-order valence-electron chi connectivity index (χ4n) is 2.53. The summed E-state index contributed by atoms with van der Waals surface area (Å²) in [6.07, 6.45) is 0. The third kappa shape index (κ3) is 2.38. The molecule has 2 aromatic carbocycles. The molecule has 3 rings (SSSR count). The van der Waals surface area contributed by atoms with Crippen molar-refractivity contribution in [3.8, 4) is 5.75 Å². The maximum Gasteiger partial charge on any atom is 0.264 e. The van der Waals surface area contributed by atoms with Gasteiger partial charge in [-0.2, -0.15) is 0 Å². The van der Waals surface area contributed by atoms with Gasteiger partial charge < -0.3 is 4.74 Å². The minimum atomic E-state index is -3.59. The zero-order valence-corrected chi connectivity index (χ0v) is 12.8. The highest BCUT2D eigenvalue weighted by Crippen LogP contribution is 2.37. The lowest BCUT2D eigenvalue weighted by atomic mass is 10.2. The summed E-state index contributed by atoms with van der Waals surface area (Å²) in [7, 11) is -3.59. The van der Waals surface area contributed by atoms with Crippen LogP contribution in [0.15, 0.2) is 53.4 Å². The van der Waals surface area contributed by atoms with Crippen molar-refractivity contribution in [3.63, 3.8) is 0 Å². The fourth-order valence-corrected chi connectivity index (χ4v) is 4.29. The summed E-state index contributed by atoms with van der Waals surface area (Å²) >= 11 is 0. The second kappa shape index (κ2) is 5.07. The Kier molecular flexibility index (Phi) is 3.37. The van der Waals surface area contributed by atoms with E-state index in [9.17, 15) is 8.42 Å². The highest BCUT2D eigenvalue weighted by molar-refractivity contribution is 7.92. The quantitative estimate of drug-likeness (QED) is 0.857. The standard InChI is InChI=1S/C16H17NO3S/c1-12-6-5-7-14(10-12)21(18,19)17-13(2)11-20-16-9-4-3-8-15(16)17/h3-10,13H,11H2,1-2H3. The molecule has 0 radical (unpaired) electrons. The third-order valence-corrected chi connectivity index (χ3v) is 5.45. The minimum Gasteiger partial charge on any atom is -0.489 e. The van der Waals surface area contributed by atoms with Gasteiger partial charge in [-0.05, 0) is 43.7 Å². The Morgan fingerprint density at radius 3 is 2.67 bits per heavy atom. The Bertz CT molecular complexity index is 771. The van der Waals surface area contributed by atoms with Crippen LogP contribution in [-0.2, 0) is 10.0 Å². The van der Waals surface area contributed by atoms with E-state index in [4.69, 9.17) is 4.74 Å². The number of hydrogen-bond acceptors (Lipinski definition) is 3. The number of para-hydroxylation sites is 2. The normalized spacial score (nSPS) is 18.0. The molecular weight excluding hydrogens is 286 g/mol. The zero-order chi connectivity index (χ0) is 15.0. The molecule has 1 atom stereocenters. The van der Waals surface area contributed by atoms with Crippen molar-refractivity contribution in [2.24, 2.45) is 0 Å². The second-order valence-electron chi connectivity index (χ2n) is 5.25. The number of fused-ring (bicyclic) bond motifs is 1. The van der Waals surface area contributed by atoms with Gasteiger partial charge in [-0.15, -0.1) is 0 Å². The molecule has 1 aliphatic rings. The molecule has 1 unspecified atom stereocenters. The van der Waals surface area contributed by atoms with Gasteiger partial charge in [0.1, 0.15) is 12.4 Å². The summed E-state index contributed by atoms with van der Waals surface area (Å²) in [5, 5.41) is 0. The van der Waals surface area contributed by atoms with E-state index in [1.807, 2.05) is 32.0 Å². The van der Waals surface area contributed by atoms with Crippen molar-refractivity contribution in [3.05, 3.63) is 54.1 Å². The molecule has 0 bridgehead atoms. The first kappa shape index (κ1) is 13.9. The molecule has 1 heterocycles.